The Balaban J connectivity index is 2.60. The minimum absolute atomic E-state index is 0.225. The van der Waals surface area contributed by atoms with Crippen molar-refractivity contribution in [1.82, 2.24) is 5.32 Å². The van der Waals surface area contributed by atoms with Crippen LogP contribution in [0.15, 0.2) is 0 Å². The zero-order valence-electron chi connectivity index (χ0n) is 5.77. The monoisotopic (exact) mass is 132 g/mol. The lowest BCUT2D eigenvalue weighted by atomic mass is 10.3. The van der Waals surface area contributed by atoms with Gasteiger partial charge in [-0.05, 0) is 25.9 Å². The largest absolute Gasteiger partial charge is 0.395 e. The first-order valence-electron chi connectivity index (χ1n) is 3.43. The second-order valence-electron chi connectivity index (χ2n) is 1.97. The predicted octanol–water partition coefficient (Wildman–Crippen LogP) is -0.693. The van der Waals surface area contributed by atoms with E-state index in [-0.39, 0.29) is 6.61 Å². The molecule has 0 spiro atoms. The highest BCUT2D eigenvalue weighted by atomic mass is 16.3. The topological polar surface area (TPSA) is 58.3 Å². The summed E-state index contributed by atoms with van der Waals surface area (Å²) in [7, 11) is 0. The van der Waals surface area contributed by atoms with E-state index in [4.69, 9.17) is 10.8 Å². The summed E-state index contributed by atoms with van der Waals surface area (Å²) in [5, 5.41) is 11.4. The summed E-state index contributed by atoms with van der Waals surface area (Å²) >= 11 is 0. The summed E-state index contributed by atoms with van der Waals surface area (Å²) in [4.78, 5) is 0. The second-order valence-corrected chi connectivity index (χ2v) is 1.97. The standard InChI is InChI=1S/C6H16N2O/c7-3-1-2-4-8-5-6-9/h8-9H,1-7H2. The Bertz CT molecular complexity index is 44.3. The fraction of sp³-hybridized carbons (Fsp3) is 1.00. The number of aliphatic hydroxyl groups excluding tert-OH is 1. The zero-order valence-corrected chi connectivity index (χ0v) is 5.77. The van der Waals surface area contributed by atoms with Crippen molar-refractivity contribution in [3.05, 3.63) is 0 Å². The SMILES string of the molecule is NCCCCNCCO. The third kappa shape index (κ3) is 7.88. The van der Waals surface area contributed by atoms with Crippen LogP contribution in [0.1, 0.15) is 12.8 Å². The Morgan fingerprint density at radius 2 is 2.00 bits per heavy atom. The molecule has 0 aromatic heterocycles. The van der Waals surface area contributed by atoms with E-state index >= 15 is 0 Å². The number of rotatable bonds is 6. The molecule has 0 unspecified atom stereocenters. The average molecular weight is 132 g/mol. The van der Waals surface area contributed by atoms with Gasteiger partial charge in [-0.15, -0.1) is 0 Å². The van der Waals surface area contributed by atoms with Crippen LogP contribution in [0.2, 0.25) is 0 Å². The molecular weight excluding hydrogens is 116 g/mol. The summed E-state index contributed by atoms with van der Waals surface area (Å²) < 4.78 is 0. The zero-order chi connectivity index (χ0) is 6.95. The number of aliphatic hydroxyl groups is 1. The first-order chi connectivity index (χ1) is 4.41. The average Bonchev–Trinajstić information content (AvgIpc) is 1.89. The Morgan fingerprint density at radius 3 is 2.56 bits per heavy atom. The lowest BCUT2D eigenvalue weighted by Gasteiger charge is -1.99. The number of hydrogen-bond acceptors (Lipinski definition) is 3. The molecule has 0 amide bonds. The number of nitrogens with two attached hydrogens (primary N) is 1. The molecule has 3 nitrogen and oxygen atoms in total. The molecule has 0 saturated heterocycles. The van der Waals surface area contributed by atoms with Gasteiger partial charge in [-0.3, -0.25) is 0 Å². The maximum absolute atomic E-state index is 8.34. The first kappa shape index (κ1) is 8.88. The van der Waals surface area contributed by atoms with E-state index in [2.05, 4.69) is 5.32 Å². The fourth-order valence-corrected chi connectivity index (χ4v) is 0.598. The molecule has 0 aliphatic carbocycles. The quantitative estimate of drug-likeness (QED) is 0.419. The lowest BCUT2D eigenvalue weighted by Crippen LogP contribution is -2.19. The van der Waals surface area contributed by atoms with Gasteiger partial charge in [0.1, 0.15) is 0 Å². The van der Waals surface area contributed by atoms with E-state index in [0.29, 0.717) is 6.54 Å². The molecule has 0 saturated carbocycles. The van der Waals surface area contributed by atoms with Gasteiger partial charge in [-0.2, -0.15) is 0 Å². The van der Waals surface area contributed by atoms with Crippen LogP contribution >= 0.6 is 0 Å². The first-order valence-corrected chi connectivity index (χ1v) is 3.43. The summed E-state index contributed by atoms with van der Waals surface area (Å²) in [6.45, 7) is 2.66. The highest BCUT2D eigenvalue weighted by Gasteiger charge is 1.84. The van der Waals surface area contributed by atoms with Crippen molar-refractivity contribution in [1.29, 1.82) is 0 Å². The predicted molar refractivity (Wildman–Crippen MR) is 38.2 cm³/mol. The molecule has 0 bridgehead atoms. The van der Waals surface area contributed by atoms with Crippen molar-refractivity contribution in [2.24, 2.45) is 5.73 Å². The van der Waals surface area contributed by atoms with Crippen molar-refractivity contribution in [3.63, 3.8) is 0 Å². The van der Waals surface area contributed by atoms with Gasteiger partial charge in [0.25, 0.3) is 0 Å². The van der Waals surface area contributed by atoms with E-state index in [1.165, 1.54) is 0 Å². The van der Waals surface area contributed by atoms with Crippen LogP contribution in [0.4, 0.5) is 0 Å². The Labute approximate surface area is 56.2 Å². The van der Waals surface area contributed by atoms with Crippen molar-refractivity contribution < 1.29 is 5.11 Å². The molecular formula is C6H16N2O. The molecule has 0 heterocycles. The van der Waals surface area contributed by atoms with E-state index in [0.717, 1.165) is 25.9 Å². The van der Waals surface area contributed by atoms with Gasteiger partial charge >= 0.3 is 0 Å². The Morgan fingerprint density at radius 1 is 1.22 bits per heavy atom. The Hall–Kier alpha value is -0.120. The number of unbranched alkanes of at least 4 members (excludes halogenated alkanes) is 1. The second kappa shape index (κ2) is 7.88. The van der Waals surface area contributed by atoms with Gasteiger partial charge < -0.3 is 16.2 Å². The van der Waals surface area contributed by atoms with Gasteiger partial charge in [-0.1, -0.05) is 0 Å². The van der Waals surface area contributed by atoms with Crippen molar-refractivity contribution in [2.75, 3.05) is 26.2 Å². The third-order valence-corrected chi connectivity index (χ3v) is 1.10. The molecule has 9 heavy (non-hydrogen) atoms. The number of hydrogen-bond donors (Lipinski definition) is 3. The highest BCUT2D eigenvalue weighted by molar-refractivity contribution is 4.46. The van der Waals surface area contributed by atoms with Crippen LogP contribution in [0.25, 0.3) is 0 Å². The molecule has 0 atom stereocenters. The highest BCUT2D eigenvalue weighted by Crippen LogP contribution is 1.80. The van der Waals surface area contributed by atoms with Crippen LogP contribution in [0.3, 0.4) is 0 Å². The molecule has 0 radical (unpaired) electrons. The summed E-state index contributed by atoms with van der Waals surface area (Å²) in [5.74, 6) is 0. The number of nitrogens with one attached hydrogen (secondary N) is 1. The van der Waals surface area contributed by atoms with Crippen molar-refractivity contribution in [2.45, 2.75) is 12.8 Å². The van der Waals surface area contributed by atoms with Gasteiger partial charge in [0, 0.05) is 6.54 Å². The molecule has 0 aromatic carbocycles. The van der Waals surface area contributed by atoms with Crippen molar-refractivity contribution in [3.8, 4) is 0 Å². The Kier molecular flexibility index (Phi) is 7.77. The maximum Gasteiger partial charge on any atom is 0.0555 e. The van der Waals surface area contributed by atoms with Crippen LogP contribution in [0, 0.1) is 0 Å². The van der Waals surface area contributed by atoms with E-state index in [9.17, 15) is 0 Å². The third-order valence-electron chi connectivity index (χ3n) is 1.10. The normalized spacial score (nSPS) is 10.0. The van der Waals surface area contributed by atoms with Gasteiger partial charge in [-0.25, -0.2) is 0 Å². The maximum atomic E-state index is 8.34. The minimum Gasteiger partial charge on any atom is -0.395 e. The van der Waals surface area contributed by atoms with Crippen LogP contribution in [-0.4, -0.2) is 31.3 Å². The molecule has 0 aliphatic rings. The fourth-order valence-electron chi connectivity index (χ4n) is 0.598. The smallest absolute Gasteiger partial charge is 0.0555 e. The van der Waals surface area contributed by atoms with Crippen LogP contribution in [-0.2, 0) is 0 Å². The van der Waals surface area contributed by atoms with Gasteiger partial charge in [0.2, 0.25) is 0 Å². The molecule has 0 rings (SSSR count). The molecule has 3 heteroatoms. The summed E-state index contributed by atoms with van der Waals surface area (Å²) in [6, 6.07) is 0. The van der Waals surface area contributed by atoms with E-state index in [1.54, 1.807) is 0 Å². The molecule has 0 fully saturated rings. The molecule has 0 aromatic rings. The van der Waals surface area contributed by atoms with Crippen molar-refractivity contribution >= 4 is 0 Å². The van der Waals surface area contributed by atoms with Gasteiger partial charge in [0.05, 0.1) is 6.61 Å². The molecule has 0 aliphatic heterocycles. The molecule has 56 valence electrons. The van der Waals surface area contributed by atoms with Crippen LogP contribution in [0.5, 0.6) is 0 Å². The summed E-state index contributed by atoms with van der Waals surface area (Å²) in [5.41, 5.74) is 5.27. The van der Waals surface area contributed by atoms with Gasteiger partial charge in [0.15, 0.2) is 0 Å². The summed E-state index contributed by atoms with van der Waals surface area (Å²) in [6.07, 6.45) is 2.18. The molecule has 4 N–H and O–H groups in total. The minimum atomic E-state index is 0.225. The van der Waals surface area contributed by atoms with E-state index in [1.807, 2.05) is 0 Å². The van der Waals surface area contributed by atoms with Crippen LogP contribution < -0.4 is 11.1 Å². The van der Waals surface area contributed by atoms with E-state index < -0.39 is 0 Å². The lowest BCUT2D eigenvalue weighted by molar-refractivity contribution is 0.292.